The van der Waals surface area contributed by atoms with Crippen LogP contribution in [-0.2, 0) is 0 Å². The Morgan fingerprint density at radius 3 is 2.12 bits per heavy atom. The number of hydrogen-bond donors (Lipinski definition) is 1. The average Bonchev–Trinajstić information content (AvgIpc) is 3.03. The molecule has 0 spiro atoms. The molecule has 5 heteroatoms. The van der Waals surface area contributed by atoms with Crippen LogP contribution in [0, 0.1) is 0 Å². The summed E-state index contributed by atoms with van der Waals surface area (Å²) < 4.78 is 0. The topological polar surface area (TPSA) is 66.1 Å². The zero-order chi connectivity index (χ0) is 16.3. The van der Waals surface area contributed by atoms with Crippen LogP contribution in [0.25, 0.3) is 21.8 Å². The molecule has 0 unspecified atom stereocenters. The molecule has 2 heterocycles. The summed E-state index contributed by atoms with van der Waals surface area (Å²) in [6, 6.07) is 18.4. The first-order valence-electron chi connectivity index (χ1n) is 7.59. The van der Waals surface area contributed by atoms with Crippen molar-refractivity contribution >= 4 is 39.6 Å². The number of carbonyl (C=O) groups excluding carboxylic acids is 2. The highest BCUT2D eigenvalue weighted by atomic mass is 16.2. The monoisotopic (exact) mass is 313 g/mol. The molecule has 0 atom stereocenters. The Morgan fingerprint density at radius 2 is 1.46 bits per heavy atom. The number of aromatic nitrogens is 2. The summed E-state index contributed by atoms with van der Waals surface area (Å²) in [6.45, 7) is 0. The summed E-state index contributed by atoms with van der Waals surface area (Å²) in [6.07, 6.45) is 0. The van der Waals surface area contributed by atoms with Gasteiger partial charge in [0.2, 0.25) is 5.95 Å². The summed E-state index contributed by atoms with van der Waals surface area (Å²) in [5, 5.41) is 1.60. The second kappa shape index (κ2) is 4.52. The molecule has 0 radical (unpaired) electrons. The normalized spacial score (nSPS) is 13.9. The molecule has 0 saturated carbocycles. The van der Waals surface area contributed by atoms with Crippen LogP contribution >= 0.6 is 0 Å². The SMILES string of the molecule is O=C1c2cccc3cccc(c23)C(=O)N1c1nc2ccccc2[nH]1. The minimum Gasteiger partial charge on any atom is -0.323 e. The van der Waals surface area contributed by atoms with Crippen LogP contribution in [0.15, 0.2) is 60.7 Å². The van der Waals surface area contributed by atoms with Crippen LogP contribution in [-0.4, -0.2) is 21.8 Å². The lowest BCUT2D eigenvalue weighted by Crippen LogP contribution is -2.41. The minimum absolute atomic E-state index is 0.248. The van der Waals surface area contributed by atoms with Gasteiger partial charge >= 0.3 is 0 Å². The molecule has 0 saturated heterocycles. The first-order valence-corrected chi connectivity index (χ1v) is 7.59. The molecular weight excluding hydrogens is 302 g/mol. The van der Waals surface area contributed by atoms with Gasteiger partial charge in [0.05, 0.1) is 11.0 Å². The van der Waals surface area contributed by atoms with E-state index in [0.29, 0.717) is 22.0 Å². The zero-order valence-corrected chi connectivity index (χ0v) is 12.5. The Morgan fingerprint density at radius 1 is 0.792 bits per heavy atom. The van der Waals surface area contributed by atoms with Crippen LogP contribution in [0.1, 0.15) is 20.7 Å². The second-order valence-electron chi connectivity index (χ2n) is 5.73. The van der Waals surface area contributed by atoms with E-state index >= 15 is 0 Å². The van der Waals surface area contributed by atoms with Gasteiger partial charge in [0.15, 0.2) is 0 Å². The molecule has 1 aliphatic rings. The van der Waals surface area contributed by atoms with Gasteiger partial charge in [0, 0.05) is 16.5 Å². The number of H-pyrrole nitrogens is 1. The Balaban J connectivity index is 1.77. The number of hydrogen-bond acceptors (Lipinski definition) is 3. The van der Waals surface area contributed by atoms with Gasteiger partial charge in [0.1, 0.15) is 0 Å². The number of imide groups is 1. The fourth-order valence-electron chi connectivity index (χ4n) is 3.27. The molecule has 2 amide bonds. The number of rotatable bonds is 1. The van der Waals surface area contributed by atoms with Crippen molar-refractivity contribution in [3.8, 4) is 0 Å². The minimum atomic E-state index is -0.358. The number of nitrogens with one attached hydrogen (secondary N) is 1. The molecule has 4 aromatic rings. The predicted molar refractivity (Wildman–Crippen MR) is 91.2 cm³/mol. The molecule has 5 nitrogen and oxygen atoms in total. The van der Waals surface area contributed by atoms with Crippen molar-refractivity contribution in [1.29, 1.82) is 0 Å². The van der Waals surface area contributed by atoms with Gasteiger partial charge in [-0.1, -0.05) is 36.4 Å². The van der Waals surface area contributed by atoms with Crippen molar-refractivity contribution in [2.24, 2.45) is 0 Å². The maximum absolute atomic E-state index is 12.9. The lowest BCUT2D eigenvalue weighted by Gasteiger charge is -2.25. The molecule has 24 heavy (non-hydrogen) atoms. The van der Waals surface area contributed by atoms with Gasteiger partial charge in [-0.05, 0) is 29.7 Å². The molecule has 0 fully saturated rings. The van der Waals surface area contributed by atoms with Crippen LogP contribution in [0.3, 0.4) is 0 Å². The average molecular weight is 313 g/mol. The van der Waals surface area contributed by atoms with Gasteiger partial charge in [-0.25, -0.2) is 9.88 Å². The number of amides is 2. The largest absolute Gasteiger partial charge is 0.323 e. The quantitative estimate of drug-likeness (QED) is 0.547. The number of carbonyl (C=O) groups is 2. The predicted octanol–water partition coefficient (Wildman–Crippen LogP) is 3.52. The van der Waals surface area contributed by atoms with Gasteiger partial charge in [-0.2, -0.15) is 0 Å². The number of para-hydroxylation sites is 2. The lowest BCUT2D eigenvalue weighted by molar-refractivity contribution is 0.0891. The molecule has 1 aromatic heterocycles. The molecule has 5 rings (SSSR count). The van der Waals surface area contributed by atoms with E-state index in [0.717, 1.165) is 15.8 Å². The van der Waals surface area contributed by atoms with Gasteiger partial charge in [0.25, 0.3) is 11.8 Å². The molecule has 3 aromatic carbocycles. The summed E-state index contributed by atoms with van der Waals surface area (Å²) in [5.74, 6) is -0.468. The zero-order valence-electron chi connectivity index (χ0n) is 12.5. The van der Waals surface area contributed by atoms with Gasteiger partial charge in [-0.3, -0.25) is 9.59 Å². The van der Waals surface area contributed by atoms with E-state index in [2.05, 4.69) is 9.97 Å². The van der Waals surface area contributed by atoms with E-state index in [1.165, 1.54) is 0 Å². The van der Waals surface area contributed by atoms with E-state index in [4.69, 9.17) is 0 Å². The van der Waals surface area contributed by atoms with Crippen molar-refractivity contribution in [2.75, 3.05) is 4.90 Å². The third kappa shape index (κ3) is 1.61. The maximum atomic E-state index is 12.9. The molecule has 1 aliphatic heterocycles. The Bertz CT molecular complexity index is 1080. The van der Waals surface area contributed by atoms with E-state index in [-0.39, 0.29) is 17.8 Å². The number of nitrogens with zero attached hydrogens (tertiary/aromatic N) is 2. The van der Waals surface area contributed by atoms with E-state index in [1.54, 1.807) is 12.1 Å². The van der Waals surface area contributed by atoms with E-state index in [1.807, 2.05) is 48.5 Å². The Labute approximate surface area is 136 Å². The Hall–Kier alpha value is -3.47. The van der Waals surface area contributed by atoms with Crippen LogP contribution in [0.5, 0.6) is 0 Å². The highest BCUT2D eigenvalue weighted by Crippen LogP contribution is 2.32. The smallest absolute Gasteiger partial charge is 0.268 e. The summed E-state index contributed by atoms with van der Waals surface area (Å²) in [7, 11) is 0. The van der Waals surface area contributed by atoms with Gasteiger partial charge in [-0.15, -0.1) is 0 Å². The number of benzene rings is 3. The second-order valence-corrected chi connectivity index (χ2v) is 5.73. The van der Waals surface area contributed by atoms with Crippen molar-refractivity contribution in [3.05, 3.63) is 71.8 Å². The Kier molecular flexibility index (Phi) is 2.45. The number of anilines is 1. The third-order valence-corrected chi connectivity index (χ3v) is 4.36. The molecule has 114 valence electrons. The standard InChI is InChI=1S/C19H11N3O2/c23-17-12-7-3-5-11-6-4-8-13(16(11)12)18(24)22(17)19-20-14-9-1-2-10-15(14)21-19/h1-10H,(H,20,21). The van der Waals surface area contributed by atoms with Gasteiger partial charge < -0.3 is 4.98 Å². The highest BCUT2D eigenvalue weighted by molar-refractivity contribution is 6.35. The number of imidazole rings is 1. The lowest BCUT2D eigenvalue weighted by atomic mass is 9.94. The maximum Gasteiger partial charge on any atom is 0.268 e. The fourth-order valence-corrected chi connectivity index (χ4v) is 3.27. The van der Waals surface area contributed by atoms with Crippen LogP contribution in [0.2, 0.25) is 0 Å². The highest BCUT2D eigenvalue weighted by Gasteiger charge is 2.35. The fraction of sp³-hybridized carbons (Fsp3) is 0. The van der Waals surface area contributed by atoms with E-state index < -0.39 is 0 Å². The van der Waals surface area contributed by atoms with Crippen molar-refractivity contribution in [2.45, 2.75) is 0 Å². The molecular formula is C19H11N3O2. The summed E-state index contributed by atoms with van der Waals surface area (Å²) >= 11 is 0. The van der Waals surface area contributed by atoms with Crippen molar-refractivity contribution < 1.29 is 9.59 Å². The first kappa shape index (κ1) is 13.0. The summed E-state index contributed by atoms with van der Waals surface area (Å²) in [4.78, 5) is 34.5. The third-order valence-electron chi connectivity index (χ3n) is 4.36. The number of fused-ring (bicyclic) bond motifs is 1. The van der Waals surface area contributed by atoms with Crippen molar-refractivity contribution in [1.82, 2.24) is 9.97 Å². The van der Waals surface area contributed by atoms with E-state index in [9.17, 15) is 9.59 Å². The molecule has 1 N–H and O–H groups in total. The van der Waals surface area contributed by atoms with Crippen LogP contribution in [0.4, 0.5) is 5.95 Å². The summed E-state index contributed by atoms with van der Waals surface area (Å²) in [5.41, 5.74) is 2.53. The molecule has 0 aliphatic carbocycles. The molecule has 0 bridgehead atoms. The van der Waals surface area contributed by atoms with Crippen LogP contribution < -0.4 is 4.90 Å². The number of aromatic amines is 1. The first-order chi connectivity index (χ1) is 11.7. The van der Waals surface area contributed by atoms with Crippen molar-refractivity contribution in [3.63, 3.8) is 0 Å².